The number of nitrogens with one attached hydrogen (secondary N) is 1. The minimum Gasteiger partial charge on any atom is -0.375 e. The van der Waals surface area contributed by atoms with Crippen LogP contribution in [0.1, 0.15) is 26.7 Å². The maximum Gasteiger partial charge on any atom is 0.229 e. The molecule has 1 heterocycles. The van der Waals surface area contributed by atoms with Crippen molar-refractivity contribution in [1.29, 1.82) is 0 Å². The molecule has 7 nitrogen and oxygen atoms in total. The number of anilines is 1. The van der Waals surface area contributed by atoms with Crippen LogP contribution in [0.25, 0.3) is 22.5 Å². The van der Waals surface area contributed by atoms with Gasteiger partial charge in [0.25, 0.3) is 0 Å². The fourth-order valence-electron chi connectivity index (χ4n) is 3.73. The number of nitrogens with zero attached hydrogens (tertiary/aromatic N) is 3. The molecule has 0 amide bonds. The van der Waals surface area contributed by atoms with Crippen LogP contribution in [0.3, 0.4) is 0 Å². The summed E-state index contributed by atoms with van der Waals surface area (Å²) in [4.78, 5) is 12.2. The van der Waals surface area contributed by atoms with Crippen molar-refractivity contribution in [3.63, 3.8) is 0 Å². The van der Waals surface area contributed by atoms with E-state index in [0.29, 0.717) is 12.3 Å². The van der Waals surface area contributed by atoms with Gasteiger partial charge < -0.3 is 9.64 Å². The number of hydrogen-bond donors (Lipinski definition) is 1. The lowest BCUT2D eigenvalue weighted by Gasteiger charge is -2.28. The van der Waals surface area contributed by atoms with Crippen molar-refractivity contribution in [2.45, 2.75) is 32.7 Å². The van der Waals surface area contributed by atoms with Gasteiger partial charge in [0.15, 0.2) is 0 Å². The molecule has 186 valence electrons. The van der Waals surface area contributed by atoms with Gasteiger partial charge >= 0.3 is 0 Å². The first-order chi connectivity index (χ1) is 16.7. The molecule has 2 aromatic carbocycles. The molecule has 1 aromatic heterocycles. The van der Waals surface area contributed by atoms with E-state index >= 15 is 0 Å². The molecule has 35 heavy (non-hydrogen) atoms. The van der Waals surface area contributed by atoms with E-state index in [9.17, 15) is 8.42 Å². The zero-order valence-corrected chi connectivity index (χ0v) is 21.5. The number of aromatic nitrogens is 2. The number of unbranched alkanes of at least 4 members (excludes halogenated alkanes) is 1. The second kappa shape index (κ2) is 12.5. The minimum atomic E-state index is -3.32. The van der Waals surface area contributed by atoms with Gasteiger partial charge in [-0.25, -0.2) is 13.4 Å². The molecule has 3 aromatic rings. The van der Waals surface area contributed by atoms with Crippen LogP contribution in [-0.2, 0) is 14.8 Å². The summed E-state index contributed by atoms with van der Waals surface area (Å²) >= 11 is 0. The van der Waals surface area contributed by atoms with Crippen LogP contribution in [0.5, 0.6) is 0 Å². The topological polar surface area (TPSA) is 84.4 Å². The number of rotatable bonds is 13. The maximum absolute atomic E-state index is 11.2. The van der Waals surface area contributed by atoms with Crippen LogP contribution >= 0.6 is 0 Å². The molecule has 0 radical (unpaired) electrons. The van der Waals surface area contributed by atoms with Crippen LogP contribution < -0.4 is 9.62 Å². The predicted octanol–water partition coefficient (Wildman–Crippen LogP) is 4.89. The fraction of sp³-hybridized carbons (Fsp3) is 0.333. The van der Waals surface area contributed by atoms with Gasteiger partial charge in [0.05, 0.1) is 30.4 Å². The van der Waals surface area contributed by atoms with Crippen molar-refractivity contribution in [1.82, 2.24) is 14.7 Å². The Kier molecular flexibility index (Phi) is 9.39. The number of benzene rings is 2. The van der Waals surface area contributed by atoms with Crippen molar-refractivity contribution in [3.8, 4) is 22.5 Å². The van der Waals surface area contributed by atoms with E-state index in [0.717, 1.165) is 54.0 Å². The highest BCUT2D eigenvalue weighted by atomic mass is 32.2. The molecular weight excluding hydrogens is 460 g/mol. The molecule has 0 aliphatic carbocycles. The quantitative estimate of drug-likeness (QED) is 0.341. The van der Waals surface area contributed by atoms with Crippen molar-refractivity contribution in [2.75, 3.05) is 30.9 Å². The van der Waals surface area contributed by atoms with Gasteiger partial charge in [0.1, 0.15) is 5.82 Å². The Morgan fingerprint density at radius 1 is 1.00 bits per heavy atom. The summed E-state index contributed by atoms with van der Waals surface area (Å²) < 4.78 is 30.3. The van der Waals surface area contributed by atoms with E-state index in [4.69, 9.17) is 14.7 Å². The smallest absolute Gasteiger partial charge is 0.229 e. The Labute approximate surface area is 208 Å². The first-order valence-electron chi connectivity index (χ1n) is 11.7. The van der Waals surface area contributed by atoms with Crippen molar-refractivity contribution in [2.24, 2.45) is 0 Å². The second-order valence-corrected chi connectivity index (χ2v) is 10.4. The lowest BCUT2D eigenvalue weighted by atomic mass is 10.0. The van der Waals surface area contributed by atoms with E-state index < -0.39 is 10.0 Å². The average molecular weight is 495 g/mol. The van der Waals surface area contributed by atoms with E-state index in [1.165, 1.54) is 0 Å². The SMILES string of the molecule is C=C(COCCCCN(c1cnc(-c2ccccc2)c(-c2ccccc2)n1)C(C)C)NS(C)(=O)=O. The Morgan fingerprint density at radius 3 is 2.17 bits per heavy atom. The van der Waals surface area contributed by atoms with Gasteiger partial charge in [-0.05, 0) is 26.7 Å². The average Bonchev–Trinajstić information content (AvgIpc) is 2.83. The number of ether oxygens (including phenoxy) is 1. The zero-order chi connectivity index (χ0) is 25.3. The number of sulfonamides is 1. The Bertz CT molecular complexity index is 1200. The summed E-state index contributed by atoms with van der Waals surface area (Å²) in [6, 6.07) is 20.5. The highest BCUT2D eigenvalue weighted by Gasteiger charge is 2.17. The third kappa shape index (κ3) is 8.19. The molecule has 0 aliphatic rings. The van der Waals surface area contributed by atoms with Gasteiger partial charge in [-0.2, -0.15) is 0 Å². The van der Waals surface area contributed by atoms with E-state index in [1.807, 2.05) is 42.6 Å². The van der Waals surface area contributed by atoms with Crippen LogP contribution in [0.2, 0.25) is 0 Å². The molecule has 0 aliphatic heterocycles. The fourth-order valence-corrected chi connectivity index (χ4v) is 4.32. The largest absolute Gasteiger partial charge is 0.375 e. The summed E-state index contributed by atoms with van der Waals surface area (Å²) in [5.74, 6) is 0.838. The normalized spacial score (nSPS) is 11.4. The molecule has 0 unspecified atom stereocenters. The van der Waals surface area contributed by atoms with Crippen molar-refractivity contribution >= 4 is 15.8 Å². The Hall–Kier alpha value is -3.23. The summed E-state index contributed by atoms with van der Waals surface area (Å²) in [5, 5.41) is 0. The summed E-state index contributed by atoms with van der Waals surface area (Å²) in [6.45, 7) is 9.44. The lowest BCUT2D eigenvalue weighted by molar-refractivity contribution is 0.150. The van der Waals surface area contributed by atoms with Crippen LogP contribution in [0, 0.1) is 0 Å². The van der Waals surface area contributed by atoms with Crippen molar-refractivity contribution in [3.05, 3.63) is 79.1 Å². The molecule has 0 atom stereocenters. The lowest BCUT2D eigenvalue weighted by Crippen LogP contribution is -2.33. The van der Waals surface area contributed by atoms with E-state index in [1.54, 1.807) is 0 Å². The molecule has 0 bridgehead atoms. The van der Waals surface area contributed by atoms with Crippen LogP contribution in [0.15, 0.2) is 79.1 Å². The highest BCUT2D eigenvalue weighted by Crippen LogP contribution is 2.31. The third-order valence-electron chi connectivity index (χ3n) is 5.32. The molecule has 0 saturated heterocycles. The standard InChI is InChI=1S/C27H34N4O3S/c1-21(2)31(17-11-12-18-34-20-22(3)30-35(4,32)33)25-19-28-26(23-13-7-5-8-14-23)27(29-25)24-15-9-6-10-16-24/h5-10,13-16,19,21,30H,3,11-12,17-18,20H2,1-2,4H3. The summed E-state index contributed by atoms with van der Waals surface area (Å²) in [5.41, 5.74) is 4.12. The molecule has 8 heteroatoms. The Balaban J connectivity index is 1.69. The van der Waals surface area contributed by atoms with Gasteiger partial charge in [0, 0.05) is 36.0 Å². The van der Waals surface area contributed by atoms with Gasteiger partial charge in [-0.1, -0.05) is 67.2 Å². The summed E-state index contributed by atoms with van der Waals surface area (Å²) in [7, 11) is -3.32. The van der Waals surface area contributed by atoms with Gasteiger partial charge in [0.2, 0.25) is 10.0 Å². The zero-order valence-electron chi connectivity index (χ0n) is 20.6. The van der Waals surface area contributed by atoms with Gasteiger partial charge in [-0.3, -0.25) is 9.71 Å². The second-order valence-electron chi connectivity index (χ2n) is 8.68. The molecule has 0 fully saturated rings. The van der Waals surface area contributed by atoms with E-state index in [2.05, 4.69) is 54.3 Å². The molecule has 1 N–H and O–H groups in total. The molecule has 3 rings (SSSR count). The Morgan fingerprint density at radius 2 is 1.60 bits per heavy atom. The summed E-state index contributed by atoms with van der Waals surface area (Å²) in [6.07, 6.45) is 4.67. The molecular formula is C27H34N4O3S. The van der Waals surface area contributed by atoms with Gasteiger partial charge in [-0.15, -0.1) is 0 Å². The first-order valence-corrected chi connectivity index (χ1v) is 13.6. The van der Waals surface area contributed by atoms with Crippen LogP contribution in [0.4, 0.5) is 5.82 Å². The molecule has 0 spiro atoms. The maximum atomic E-state index is 11.2. The first kappa shape index (κ1) is 26.4. The third-order valence-corrected chi connectivity index (χ3v) is 5.98. The van der Waals surface area contributed by atoms with Crippen molar-refractivity contribution < 1.29 is 13.2 Å². The number of hydrogen-bond acceptors (Lipinski definition) is 6. The minimum absolute atomic E-state index is 0.161. The predicted molar refractivity (Wildman–Crippen MR) is 143 cm³/mol. The van der Waals surface area contributed by atoms with Crippen LogP contribution in [-0.4, -0.2) is 50.4 Å². The monoisotopic (exact) mass is 494 g/mol. The molecule has 0 saturated carbocycles. The highest BCUT2D eigenvalue weighted by molar-refractivity contribution is 7.88. The van der Waals surface area contributed by atoms with E-state index in [-0.39, 0.29) is 12.6 Å².